The van der Waals surface area contributed by atoms with E-state index in [1.807, 2.05) is 12.1 Å². The molecule has 5 heteroatoms. The zero-order valence-electron chi connectivity index (χ0n) is 9.30. The van der Waals surface area contributed by atoms with Crippen LogP contribution in [-0.4, -0.2) is 15.9 Å². The van der Waals surface area contributed by atoms with E-state index in [1.54, 1.807) is 17.1 Å². The van der Waals surface area contributed by atoms with Crippen molar-refractivity contribution in [2.75, 3.05) is 0 Å². The Morgan fingerprint density at radius 3 is 2.94 bits per heavy atom. The summed E-state index contributed by atoms with van der Waals surface area (Å²) in [6, 6.07) is 3.69. The van der Waals surface area contributed by atoms with E-state index in [0.29, 0.717) is 12.0 Å². The summed E-state index contributed by atoms with van der Waals surface area (Å²) in [6.45, 7) is 0. The fourth-order valence-electron chi connectivity index (χ4n) is 2.13. The molecule has 0 saturated heterocycles. The van der Waals surface area contributed by atoms with E-state index in [4.69, 9.17) is 9.15 Å². The molecule has 2 aromatic rings. The summed E-state index contributed by atoms with van der Waals surface area (Å²) < 4.78 is 13.7. The van der Waals surface area contributed by atoms with E-state index in [1.165, 1.54) is 12.8 Å². The normalized spacial score (nSPS) is 16.5. The highest BCUT2D eigenvalue weighted by atomic mass is 79.9. The molecule has 0 radical (unpaired) electrons. The van der Waals surface area contributed by atoms with Gasteiger partial charge in [-0.3, -0.25) is 0 Å². The summed E-state index contributed by atoms with van der Waals surface area (Å²) >= 11 is 3.50. The Kier molecular flexibility index (Phi) is 2.93. The molecule has 0 aromatic carbocycles. The molecule has 0 N–H and O–H groups in total. The largest absolute Gasteiger partial charge is 0.486 e. The highest BCUT2D eigenvalue weighted by Gasteiger charge is 2.20. The molecule has 17 heavy (non-hydrogen) atoms. The van der Waals surface area contributed by atoms with Gasteiger partial charge < -0.3 is 9.15 Å². The molecule has 1 fully saturated rings. The predicted octanol–water partition coefficient (Wildman–Crippen LogP) is 3.55. The molecular weight excluding hydrogens is 284 g/mol. The zero-order chi connectivity index (χ0) is 11.7. The van der Waals surface area contributed by atoms with E-state index in [-0.39, 0.29) is 0 Å². The van der Waals surface area contributed by atoms with Gasteiger partial charge in [0.1, 0.15) is 0 Å². The summed E-state index contributed by atoms with van der Waals surface area (Å²) in [7, 11) is 0. The third kappa shape index (κ3) is 2.11. The number of nitrogens with zero attached hydrogens (tertiary/aromatic N) is 2. The molecule has 90 valence electrons. The quantitative estimate of drug-likeness (QED) is 0.870. The van der Waals surface area contributed by atoms with Crippen LogP contribution < -0.4 is 4.74 Å². The number of furan rings is 1. The van der Waals surface area contributed by atoms with Crippen LogP contribution in [0.25, 0.3) is 5.88 Å². The van der Waals surface area contributed by atoms with Crippen LogP contribution in [0.4, 0.5) is 0 Å². The summed E-state index contributed by atoms with van der Waals surface area (Å²) in [4.78, 5) is 0. The Morgan fingerprint density at radius 1 is 1.41 bits per heavy atom. The summed E-state index contributed by atoms with van der Waals surface area (Å²) in [5.74, 6) is 1.46. The average Bonchev–Trinajstić information content (AvgIpc) is 3.03. The minimum atomic E-state index is 0.334. The maximum absolute atomic E-state index is 5.91. The molecule has 2 aromatic heterocycles. The minimum Gasteiger partial charge on any atom is -0.486 e. The van der Waals surface area contributed by atoms with Crippen molar-refractivity contribution in [3.8, 4) is 11.6 Å². The molecule has 0 bridgehead atoms. The number of rotatable bonds is 3. The zero-order valence-corrected chi connectivity index (χ0v) is 10.9. The number of halogens is 1. The van der Waals surface area contributed by atoms with Crippen LogP contribution in [-0.2, 0) is 0 Å². The van der Waals surface area contributed by atoms with Crippen molar-refractivity contribution in [3.63, 3.8) is 0 Å². The Morgan fingerprint density at radius 2 is 2.24 bits per heavy atom. The topological polar surface area (TPSA) is 40.2 Å². The van der Waals surface area contributed by atoms with Gasteiger partial charge in [0, 0.05) is 6.07 Å². The summed E-state index contributed by atoms with van der Waals surface area (Å²) in [5.41, 5.74) is 0. The lowest BCUT2D eigenvalue weighted by molar-refractivity contribution is 0.208. The van der Waals surface area contributed by atoms with Crippen molar-refractivity contribution < 1.29 is 9.15 Å². The Bertz CT molecular complexity index is 487. The van der Waals surface area contributed by atoms with Gasteiger partial charge in [0.2, 0.25) is 5.88 Å². The monoisotopic (exact) mass is 296 g/mol. The Labute approximate surface area is 108 Å². The minimum absolute atomic E-state index is 0.334. The highest BCUT2D eigenvalue weighted by Crippen LogP contribution is 2.31. The smallest absolute Gasteiger partial charge is 0.220 e. The first-order chi connectivity index (χ1) is 8.34. The third-order valence-corrected chi connectivity index (χ3v) is 3.72. The lowest BCUT2D eigenvalue weighted by atomic mass is 10.3. The van der Waals surface area contributed by atoms with Crippen LogP contribution in [0.15, 0.2) is 33.6 Å². The maximum atomic E-state index is 5.91. The summed E-state index contributed by atoms with van der Waals surface area (Å²) in [6.07, 6.45) is 8.48. The molecule has 0 aliphatic heterocycles. The molecule has 1 aliphatic rings. The predicted molar refractivity (Wildman–Crippen MR) is 66.4 cm³/mol. The maximum Gasteiger partial charge on any atom is 0.220 e. The lowest BCUT2D eigenvalue weighted by Gasteiger charge is -2.11. The molecule has 1 saturated carbocycles. The molecular formula is C12H13BrN2O2. The standard InChI is InChI=1S/C12H13BrN2O2/c13-12-10(17-9-4-1-2-5-9)8-14-15(12)11-6-3-7-16-11/h3,6-9H,1-2,4-5H2. The molecule has 1 aliphatic carbocycles. The molecule has 4 nitrogen and oxygen atoms in total. The van der Waals surface area contributed by atoms with Crippen LogP contribution in [0, 0.1) is 0 Å². The first-order valence-electron chi connectivity index (χ1n) is 5.78. The van der Waals surface area contributed by atoms with E-state index < -0.39 is 0 Å². The second-order valence-corrected chi connectivity index (χ2v) is 4.94. The van der Waals surface area contributed by atoms with Crippen LogP contribution in [0.5, 0.6) is 5.75 Å². The third-order valence-electron chi connectivity index (χ3n) is 2.99. The Hall–Kier alpha value is -1.23. The van der Waals surface area contributed by atoms with Crippen molar-refractivity contribution in [3.05, 3.63) is 29.2 Å². The van der Waals surface area contributed by atoms with E-state index >= 15 is 0 Å². The van der Waals surface area contributed by atoms with Crippen molar-refractivity contribution in [1.29, 1.82) is 0 Å². The number of hydrogen-bond donors (Lipinski definition) is 0. The van der Waals surface area contributed by atoms with Gasteiger partial charge in [0.15, 0.2) is 10.4 Å². The molecule has 0 unspecified atom stereocenters. The second-order valence-electron chi connectivity index (χ2n) is 4.19. The van der Waals surface area contributed by atoms with Gasteiger partial charge >= 0.3 is 0 Å². The molecule has 0 spiro atoms. The first kappa shape index (κ1) is 10.9. The van der Waals surface area contributed by atoms with E-state index in [0.717, 1.165) is 23.2 Å². The Balaban J connectivity index is 1.82. The van der Waals surface area contributed by atoms with Crippen molar-refractivity contribution in [2.24, 2.45) is 0 Å². The molecule has 0 amide bonds. The van der Waals surface area contributed by atoms with Crippen LogP contribution >= 0.6 is 15.9 Å². The van der Waals surface area contributed by atoms with Gasteiger partial charge in [0.05, 0.1) is 18.6 Å². The van der Waals surface area contributed by atoms with Gasteiger partial charge in [-0.1, -0.05) is 0 Å². The van der Waals surface area contributed by atoms with Crippen LogP contribution in [0.2, 0.25) is 0 Å². The number of aromatic nitrogens is 2. The lowest BCUT2D eigenvalue weighted by Crippen LogP contribution is -2.10. The van der Waals surface area contributed by atoms with Crippen molar-refractivity contribution in [1.82, 2.24) is 9.78 Å². The molecule has 2 heterocycles. The highest BCUT2D eigenvalue weighted by molar-refractivity contribution is 9.10. The van der Waals surface area contributed by atoms with Gasteiger partial charge in [-0.05, 0) is 47.7 Å². The average molecular weight is 297 g/mol. The van der Waals surface area contributed by atoms with Crippen LogP contribution in [0.1, 0.15) is 25.7 Å². The van der Waals surface area contributed by atoms with Crippen LogP contribution in [0.3, 0.4) is 0 Å². The van der Waals surface area contributed by atoms with Gasteiger partial charge in [-0.15, -0.1) is 0 Å². The number of ether oxygens (including phenoxy) is 1. The second kappa shape index (κ2) is 4.56. The van der Waals surface area contributed by atoms with Gasteiger partial charge in [-0.25, -0.2) is 0 Å². The first-order valence-corrected chi connectivity index (χ1v) is 6.58. The SMILES string of the molecule is Brc1c(OC2CCCC2)cnn1-c1ccco1. The molecule has 0 atom stereocenters. The van der Waals surface area contributed by atoms with Gasteiger partial charge in [0.25, 0.3) is 0 Å². The fourth-order valence-corrected chi connectivity index (χ4v) is 2.59. The van der Waals surface area contributed by atoms with Crippen molar-refractivity contribution in [2.45, 2.75) is 31.8 Å². The molecule has 3 rings (SSSR count). The van der Waals surface area contributed by atoms with Gasteiger partial charge in [-0.2, -0.15) is 9.78 Å². The number of hydrogen-bond acceptors (Lipinski definition) is 3. The van der Waals surface area contributed by atoms with Crippen molar-refractivity contribution >= 4 is 15.9 Å². The van der Waals surface area contributed by atoms with E-state index in [9.17, 15) is 0 Å². The summed E-state index contributed by atoms with van der Waals surface area (Å²) in [5, 5.41) is 4.25. The van der Waals surface area contributed by atoms with E-state index in [2.05, 4.69) is 21.0 Å². The fraction of sp³-hybridized carbons (Fsp3) is 0.417.